The molecule has 2 unspecified atom stereocenters. The molecule has 0 amide bonds. The summed E-state index contributed by atoms with van der Waals surface area (Å²) < 4.78 is 19.2. The highest BCUT2D eigenvalue weighted by atomic mass is 19.1. The number of halogens is 1. The van der Waals surface area contributed by atoms with Crippen LogP contribution in [0.3, 0.4) is 0 Å². The van der Waals surface area contributed by atoms with Gasteiger partial charge in [0.1, 0.15) is 0 Å². The summed E-state index contributed by atoms with van der Waals surface area (Å²) in [6.07, 6.45) is 0.569. The molecule has 0 bridgehead atoms. The summed E-state index contributed by atoms with van der Waals surface area (Å²) in [7, 11) is 0. The maximum Gasteiger partial charge on any atom is 0.296 e. The largest absolute Gasteiger partial charge is 0.453 e. The van der Waals surface area contributed by atoms with Crippen molar-refractivity contribution in [1.29, 1.82) is 0 Å². The van der Waals surface area contributed by atoms with Crippen molar-refractivity contribution >= 4 is 11.4 Å². The minimum Gasteiger partial charge on any atom is -0.453 e. The molecule has 2 N–H and O–H groups in total. The summed E-state index contributed by atoms with van der Waals surface area (Å²) in [4.78, 5) is 14.2. The van der Waals surface area contributed by atoms with Crippen LogP contribution in [-0.2, 0) is 5.72 Å². The molecule has 1 aliphatic heterocycles. The maximum absolute atomic E-state index is 14.2. The number of fused-ring (bicyclic) bond motifs is 1. The lowest BCUT2D eigenvalue weighted by molar-refractivity contribution is -0.384. The van der Waals surface area contributed by atoms with Gasteiger partial charge in [0.25, 0.3) is 12.0 Å². The molecule has 0 saturated heterocycles. The second-order valence-electron chi connectivity index (χ2n) is 4.47. The molecule has 2 aromatic rings. The lowest BCUT2D eigenvalue weighted by Crippen LogP contribution is -2.50. The van der Waals surface area contributed by atoms with E-state index in [2.05, 4.69) is 10.3 Å². The number of aromatic nitrogens is 1. The van der Waals surface area contributed by atoms with Crippen molar-refractivity contribution in [2.75, 3.05) is 5.32 Å². The van der Waals surface area contributed by atoms with Gasteiger partial charge in [0.2, 0.25) is 5.72 Å². The molecule has 0 saturated carbocycles. The Hall–Kier alpha value is -2.74. The number of rotatable bonds is 2. The lowest BCUT2D eigenvalue weighted by Gasteiger charge is -2.37. The van der Waals surface area contributed by atoms with E-state index in [0.29, 0.717) is 0 Å². The first-order valence-corrected chi connectivity index (χ1v) is 6.01. The number of ether oxygens (including phenoxy) is 1. The molecule has 2 heterocycles. The Kier molecular flexibility index (Phi) is 2.95. The van der Waals surface area contributed by atoms with Crippen molar-refractivity contribution in [3.63, 3.8) is 0 Å². The molecule has 0 fully saturated rings. The predicted molar refractivity (Wildman–Crippen MR) is 70.4 cm³/mol. The zero-order valence-electron chi connectivity index (χ0n) is 10.6. The fourth-order valence-corrected chi connectivity index (χ4v) is 2.13. The van der Waals surface area contributed by atoms with Crippen LogP contribution in [0.4, 0.5) is 15.8 Å². The van der Waals surface area contributed by atoms with Crippen LogP contribution in [0, 0.1) is 10.1 Å². The van der Waals surface area contributed by atoms with Crippen LogP contribution in [0.25, 0.3) is 0 Å². The van der Waals surface area contributed by atoms with Crippen molar-refractivity contribution in [2.45, 2.75) is 12.1 Å². The fraction of sp³-hybridized carbons (Fsp3) is 0.154. The van der Waals surface area contributed by atoms with Gasteiger partial charge in [0, 0.05) is 24.0 Å². The van der Waals surface area contributed by atoms with E-state index in [1.165, 1.54) is 42.7 Å². The number of hydrogen-bond donors (Lipinski definition) is 2. The van der Waals surface area contributed by atoms with Crippen molar-refractivity contribution < 1.29 is 19.2 Å². The summed E-state index contributed by atoms with van der Waals surface area (Å²) in [6, 6.07) is 6.94. The van der Waals surface area contributed by atoms with E-state index in [9.17, 15) is 19.6 Å². The smallest absolute Gasteiger partial charge is 0.296 e. The highest BCUT2D eigenvalue weighted by Gasteiger charge is 2.47. The van der Waals surface area contributed by atoms with Gasteiger partial charge in [-0.1, -0.05) is 12.1 Å². The van der Waals surface area contributed by atoms with E-state index < -0.39 is 17.0 Å². The molecule has 0 spiro atoms. The zero-order chi connectivity index (χ0) is 15.0. The topological polar surface area (TPSA) is 97.5 Å². The third kappa shape index (κ3) is 2.05. The van der Waals surface area contributed by atoms with Gasteiger partial charge >= 0.3 is 0 Å². The minimum atomic E-state index is -2.26. The van der Waals surface area contributed by atoms with Crippen molar-refractivity contribution in [1.82, 2.24) is 4.98 Å². The highest BCUT2D eigenvalue weighted by Crippen LogP contribution is 2.44. The number of nitrogens with zero attached hydrogens (tertiary/aromatic N) is 2. The first-order valence-electron chi connectivity index (χ1n) is 6.01. The molecule has 1 aromatic heterocycles. The Balaban J connectivity index is 2.11. The van der Waals surface area contributed by atoms with Gasteiger partial charge in [-0.3, -0.25) is 15.1 Å². The van der Waals surface area contributed by atoms with Gasteiger partial charge in [-0.2, -0.15) is 4.39 Å². The van der Waals surface area contributed by atoms with Crippen LogP contribution in [0.2, 0.25) is 0 Å². The molecule has 2 atom stereocenters. The monoisotopic (exact) mass is 291 g/mol. The van der Waals surface area contributed by atoms with E-state index in [4.69, 9.17) is 4.74 Å². The lowest BCUT2D eigenvalue weighted by atomic mass is 10.0. The number of para-hydroxylation sites is 1. The summed E-state index contributed by atoms with van der Waals surface area (Å²) in [5.74, 6) is -0.0368. The number of nitrogens with one attached hydrogen (secondary N) is 1. The SMILES string of the molecule is O=[N+]([O-])c1cccc2c1NC(O)(c1cccnc1)C(F)O2. The predicted octanol–water partition coefficient (Wildman–Crippen LogP) is 1.93. The van der Waals surface area contributed by atoms with Gasteiger partial charge in [0.15, 0.2) is 11.4 Å². The zero-order valence-corrected chi connectivity index (χ0v) is 10.6. The molecule has 3 rings (SSSR count). The van der Waals surface area contributed by atoms with Gasteiger partial charge in [-0.05, 0) is 12.1 Å². The number of hydrogen-bond acceptors (Lipinski definition) is 6. The van der Waals surface area contributed by atoms with Gasteiger partial charge in [-0.25, -0.2) is 0 Å². The molecule has 21 heavy (non-hydrogen) atoms. The standard InChI is InChI=1S/C13H10FN3O4/c14-12-13(18,8-3-2-6-15-7-8)16-11-9(17(19)20)4-1-5-10(11)21-12/h1-7,12,16,18H. The van der Waals surface area contributed by atoms with Crippen LogP contribution < -0.4 is 10.1 Å². The average molecular weight is 291 g/mol. The van der Waals surface area contributed by atoms with Crippen LogP contribution in [-0.4, -0.2) is 21.4 Å². The molecule has 7 nitrogen and oxygen atoms in total. The Morgan fingerprint density at radius 3 is 2.90 bits per heavy atom. The first kappa shape index (κ1) is 13.3. The number of pyridine rings is 1. The molecule has 1 aromatic carbocycles. The Morgan fingerprint density at radius 2 is 2.24 bits per heavy atom. The molecule has 8 heteroatoms. The first-order chi connectivity index (χ1) is 10.0. The molecular weight excluding hydrogens is 281 g/mol. The third-order valence-corrected chi connectivity index (χ3v) is 3.18. The van der Waals surface area contributed by atoms with Gasteiger partial charge in [0.05, 0.1) is 4.92 Å². The number of anilines is 1. The highest BCUT2D eigenvalue weighted by molar-refractivity contribution is 5.72. The minimum absolute atomic E-state index is 0.0368. The molecule has 0 radical (unpaired) electrons. The summed E-state index contributed by atoms with van der Waals surface area (Å²) in [6.45, 7) is 0. The summed E-state index contributed by atoms with van der Waals surface area (Å²) in [5.41, 5.74) is -2.56. The summed E-state index contributed by atoms with van der Waals surface area (Å²) >= 11 is 0. The van der Waals surface area contributed by atoms with Crippen LogP contribution in [0.1, 0.15) is 5.56 Å². The normalized spacial score (nSPS) is 23.6. The number of aliphatic hydroxyl groups is 1. The number of nitro groups is 1. The van der Waals surface area contributed by atoms with Crippen LogP contribution in [0.15, 0.2) is 42.7 Å². The maximum atomic E-state index is 14.2. The Morgan fingerprint density at radius 1 is 1.43 bits per heavy atom. The quantitative estimate of drug-likeness (QED) is 0.648. The van der Waals surface area contributed by atoms with Gasteiger partial charge < -0.3 is 15.2 Å². The number of alkyl halides is 1. The average Bonchev–Trinajstić information content (AvgIpc) is 2.48. The molecule has 108 valence electrons. The third-order valence-electron chi connectivity index (χ3n) is 3.18. The number of nitro benzene ring substituents is 1. The molecular formula is C13H10FN3O4. The van der Waals surface area contributed by atoms with E-state index in [-0.39, 0.29) is 22.7 Å². The Bertz CT molecular complexity index is 697. The van der Waals surface area contributed by atoms with E-state index in [0.717, 1.165) is 0 Å². The second kappa shape index (κ2) is 4.67. The number of benzene rings is 1. The van der Waals surface area contributed by atoms with Crippen LogP contribution >= 0.6 is 0 Å². The van der Waals surface area contributed by atoms with Crippen molar-refractivity contribution in [2.24, 2.45) is 0 Å². The molecule has 1 aliphatic rings. The second-order valence-corrected chi connectivity index (χ2v) is 4.47. The fourth-order valence-electron chi connectivity index (χ4n) is 2.13. The van der Waals surface area contributed by atoms with Crippen molar-refractivity contribution in [3.8, 4) is 5.75 Å². The van der Waals surface area contributed by atoms with E-state index in [1.807, 2.05) is 0 Å². The Labute approximate surface area is 118 Å². The van der Waals surface area contributed by atoms with Gasteiger partial charge in [-0.15, -0.1) is 0 Å². The van der Waals surface area contributed by atoms with Crippen molar-refractivity contribution in [3.05, 3.63) is 58.4 Å². The van der Waals surface area contributed by atoms with E-state index in [1.54, 1.807) is 0 Å². The van der Waals surface area contributed by atoms with Crippen LogP contribution in [0.5, 0.6) is 5.75 Å². The molecule has 0 aliphatic carbocycles. The van der Waals surface area contributed by atoms with E-state index >= 15 is 0 Å². The summed E-state index contributed by atoms with van der Waals surface area (Å²) in [5, 5.41) is 24.0.